The third-order valence-corrected chi connectivity index (χ3v) is 3.28. The molecule has 0 radical (unpaired) electrons. The van der Waals surface area contributed by atoms with Gasteiger partial charge in [-0.05, 0) is 37.5 Å². The fraction of sp³-hybridized carbons (Fsp3) is 0.455. The van der Waals surface area contributed by atoms with Crippen LogP contribution in [0.25, 0.3) is 0 Å². The zero-order valence-electron chi connectivity index (χ0n) is 8.46. The summed E-state index contributed by atoms with van der Waals surface area (Å²) < 4.78 is 0. The van der Waals surface area contributed by atoms with Crippen molar-refractivity contribution in [1.29, 1.82) is 0 Å². The quantitative estimate of drug-likeness (QED) is 0.787. The van der Waals surface area contributed by atoms with E-state index in [4.69, 9.17) is 11.6 Å². The molecule has 1 saturated carbocycles. The molecular formula is C11H12ClNO2. The van der Waals surface area contributed by atoms with Gasteiger partial charge in [-0.25, -0.2) is 4.98 Å². The fourth-order valence-corrected chi connectivity index (χ4v) is 2.31. The molecule has 0 spiro atoms. The second kappa shape index (κ2) is 3.49. The van der Waals surface area contributed by atoms with Crippen molar-refractivity contribution >= 4 is 17.6 Å². The second-order valence-electron chi connectivity index (χ2n) is 4.06. The van der Waals surface area contributed by atoms with Crippen molar-refractivity contribution in [1.82, 2.24) is 4.98 Å². The lowest BCUT2D eigenvalue weighted by Crippen LogP contribution is -2.42. The molecule has 0 atom stereocenters. The normalized spacial score (nSPS) is 18.3. The lowest BCUT2D eigenvalue weighted by molar-refractivity contribution is -0.147. The fourth-order valence-electron chi connectivity index (χ4n) is 2.06. The van der Waals surface area contributed by atoms with Crippen molar-refractivity contribution in [2.75, 3.05) is 0 Å². The van der Waals surface area contributed by atoms with E-state index in [1.807, 2.05) is 13.0 Å². The highest BCUT2D eigenvalue weighted by Crippen LogP contribution is 2.44. The van der Waals surface area contributed by atoms with Gasteiger partial charge in [0.2, 0.25) is 0 Å². The van der Waals surface area contributed by atoms with Crippen molar-refractivity contribution in [3.63, 3.8) is 0 Å². The monoisotopic (exact) mass is 225 g/mol. The number of aromatic nitrogens is 1. The summed E-state index contributed by atoms with van der Waals surface area (Å²) in [5, 5.41) is 9.63. The van der Waals surface area contributed by atoms with E-state index in [-0.39, 0.29) is 0 Å². The number of pyridine rings is 1. The Balaban J connectivity index is 2.47. The average Bonchev–Trinajstić information content (AvgIpc) is 1.97. The van der Waals surface area contributed by atoms with Crippen LogP contribution >= 0.6 is 11.6 Å². The van der Waals surface area contributed by atoms with Crippen molar-refractivity contribution < 1.29 is 9.90 Å². The third kappa shape index (κ3) is 1.61. The first-order chi connectivity index (χ1) is 7.04. The number of carbonyl (C=O) groups is 1. The molecule has 0 aliphatic heterocycles. The van der Waals surface area contributed by atoms with Crippen LogP contribution in [0.1, 0.15) is 30.5 Å². The van der Waals surface area contributed by atoms with Crippen LogP contribution in [0, 0.1) is 6.92 Å². The molecule has 1 heterocycles. The van der Waals surface area contributed by atoms with E-state index in [1.54, 1.807) is 6.07 Å². The molecule has 0 aromatic carbocycles. The van der Waals surface area contributed by atoms with Gasteiger partial charge in [0, 0.05) is 5.69 Å². The summed E-state index contributed by atoms with van der Waals surface area (Å²) in [7, 11) is 0. The van der Waals surface area contributed by atoms with Crippen LogP contribution in [-0.4, -0.2) is 16.1 Å². The zero-order valence-corrected chi connectivity index (χ0v) is 9.21. The van der Waals surface area contributed by atoms with Gasteiger partial charge in [0.25, 0.3) is 0 Å². The number of rotatable bonds is 2. The number of nitrogens with zero attached hydrogens (tertiary/aromatic N) is 1. The summed E-state index contributed by atoms with van der Waals surface area (Å²) in [6.45, 7) is 1.82. The van der Waals surface area contributed by atoms with Gasteiger partial charge < -0.3 is 5.11 Å². The minimum Gasteiger partial charge on any atom is -0.481 e. The van der Waals surface area contributed by atoms with Crippen LogP contribution in [0.3, 0.4) is 0 Å². The van der Waals surface area contributed by atoms with Gasteiger partial charge in [-0.2, -0.15) is 0 Å². The highest BCUT2D eigenvalue weighted by molar-refractivity contribution is 6.29. The Morgan fingerprint density at radius 3 is 2.60 bits per heavy atom. The molecule has 1 aliphatic rings. The van der Waals surface area contributed by atoms with Crippen molar-refractivity contribution in [3.05, 3.63) is 28.5 Å². The van der Waals surface area contributed by atoms with Gasteiger partial charge in [-0.1, -0.05) is 18.0 Å². The molecule has 1 aromatic rings. The molecule has 15 heavy (non-hydrogen) atoms. The first-order valence-corrected chi connectivity index (χ1v) is 5.30. The Kier molecular flexibility index (Phi) is 2.43. The molecule has 4 heteroatoms. The third-order valence-electron chi connectivity index (χ3n) is 3.09. The van der Waals surface area contributed by atoms with Gasteiger partial charge in [0.05, 0.1) is 5.41 Å². The number of halogens is 1. The molecule has 1 aliphatic carbocycles. The van der Waals surface area contributed by atoms with Crippen molar-refractivity contribution in [2.24, 2.45) is 0 Å². The van der Waals surface area contributed by atoms with Crippen molar-refractivity contribution in [3.8, 4) is 0 Å². The summed E-state index contributed by atoms with van der Waals surface area (Å²) in [4.78, 5) is 15.3. The smallest absolute Gasteiger partial charge is 0.314 e. The van der Waals surface area contributed by atoms with E-state index in [9.17, 15) is 9.90 Å². The van der Waals surface area contributed by atoms with E-state index in [0.29, 0.717) is 18.0 Å². The van der Waals surface area contributed by atoms with Crippen molar-refractivity contribution in [2.45, 2.75) is 31.6 Å². The van der Waals surface area contributed by atoms with Gasteiger partial charge in [0.1, 0.15) is 5.15 Å². The second-order valence-corrected chi connectivity index (χ2v) is 4.45. The molecule has 1 fully saturated rings. The number of carboxylic acids is 1. The van der Waals surface area contributed by atoms with Crippen LogP contribution in [0.15, 0.2) is 12.1 Å². The van der Waals surface area contributed by atoms with Gasteiger partial charge in [-0.15, -0.1) is 0 Å². The highest BCUT2D eigenvalue weighted by atomic mass is 35.5. The van der Waals surface area contributed by atoms with Crippen LogP contribution in [-0.2, 0) is 10.2 Å². The number of aliphatic carboxylic acids is 1. The molecule has 0 unspecified atom stereocenters. The maximum absolute atomic E-state index is 11.3. The number of aryl methyl sites for hydroxylation is 1. The highest BCUT2D eigenvalue weighted by Gasteiger charge is 2.46. The number of carboxylic acid groups (broad SMARTS) is 1. The lowest BCUT2D eigenvalue weighted by Gasteiger charge is -2.38. The maximum atomic E-state index is 11.3. The minimum atomic E-state index is -0.754. The molecule has 1 aromatic heterocycles. The first kappa shape index (κ1) is 10.4. The molecule has 0 bridgehead atoms. The summed E-state index contributed by atoms with van der Waals surface area (Å²) in [5.74, 6) is -0.754. The SMILES string of the molecule is Cc1cc(C2(C(=O)O)CCC2)cc(Cl)n1. The minimum absolute atomic E-state index is 0.373. The molecule has 2 rings (SSSR count). The van der Waals surface area contributed by atoms with E-state index in [1.165, 1.54) is 0 Å². The van der Waals surface area contributed by atoms with Gasteiger partial charge in [-0.3, -0.25) is 4.79 Å². The van der Waals surface area contributed by atoms with Crippen LogP contribution < -0.4 is 0 Å². The molecule has 0 saturated heterocycles. The molecule has 3 nitrogen and oxygen atoms in total. The largest absolute Gasteiger partial charge is 0.481 e. The average molecular weight is 226 g/mol. The standard InChI is InChI=1S/C11H12ClNO2/c1-7-5-8(6-9(12)13-7)11(10(14)15)3-2-4-11/h5-6H,2-4H2,1H3,(H,14,15). The topological polar surface area (TPSA) is 50.2 Å². The molecule has 1 N–H and O–H groups in total. The van der Waals surface area contributed by atoms with Crippen LogP contribution in [0.5, 0.6) is 0 Å². The van der Waals surface area contributed by atoms with Gasteiger partial charge in [0.15, 0.2) is 0 Å². The zero-order chi connectivity index (χ0) is 11.1. The summed E-state index contributed by atoms with van der Waals surface area (Å²) in [5.41, 5.74) is 0.848. The molecule has 0 amide bonds. The first-order valence-electron chi connectivity index (χ1n) is 4.93. The summed E-state index contributed by atoms with van der Waals surface area (Å²) in [6, 6.07) is 3.49. The van der Waals surface area contributed by atoms with Gasteiger partial charge >= 0.3 is 5.97 Å². The summed E-state index contributed by atoms with van der Waals surface area (Å²) in [6.07, 6.45) is 2.36. The Bertz CT molecular complexity index is 393. The Hall–Kier alpha value is -1.09. The Morgan fingerprint density at radius 1 is 1.53 bits per heavy atom. The van der Waals surface area contributed by atoms with E-state index < -0.39 is 11.4 Å². The predicted octanol–water partition coefficient (Wildman–Crippen LogP) is 2.55. The number of hydrogen-bond donors (Lipinski definition) is 1. The Labute approximate surface area is 93.1 Å². The van der Waals surface area contributed by atoms with E-state index >= 15 is 0 Å². The maximum Gasteiger partial charge on any atom is 0.314 e. The Morgan fingerprint density at radius 2 is 2.20 bits per heavy atom. The molecule has 80 valence electrons. The molecular weight excluding hydrogens is 214 g/mol. The van der Waals surface area contributed by atoms with E-state index in [0.717, 1.165) is 17.7 Å². The number of hydrogen-bond acceptors (Lipinski definition) is 2. The van der Waals surface area contributed by atoms with E-state index in [2.05, 4.69) is 4.98 Å². The van der Waals surface area contributed by atoms with Crippen LogP contribution in [0.2, 0.25) is 5.15 Å². The predicted molar refractivity (Wildman–Crippen MR) is 57.1 cm³/mol. The lowest BCUT2D eigenvalue weighted by atomic mass is 9.64. The van der Waals surface area contributed by atoms with Crippen LogP contribution in [0.4, 0.5) is 0 Å². The summed E-state index contributed by atoms with van der Waals surface area (Å²) >= 11 is 5.84.